The summed E-state index contributed by atoms with van der Waals surface area (Å²) in [4.78, 5) is 12.6. The molecule has 0 aliphatic heterocycles. The van der Waals surface area contributed by atoms with Crippen LogP contribution in [-0.2, 0) is 10.1 Å². The number of phenolic OH excluding ortho intramolecular Hbond substituents is 1. The molecule has 190 valence electrons. The first-order chi connectivity index (χ1) is 17.5. The Balaban J connectivity index is 1.82. The highest BCUT2D eigenvalue weighted by Gasteiger charge is 2.22. The normalized spacial score (nSPS) is 11.7. The molecule has 0 atom stereocenters. The van der Waals surface area contributed by atoms with Crippen molar-refractivity contribution < 1.29 is 27.6 Å². The Kier molecular flexibility index (Phi) is 7.37. The van der Waals surface area contributed by atoms with E-state index in [0.29, 0.717) is 16.5 Å². The summed E-state index contributed by atoms with van der Waals surface area (Å²) >= 11 is 12.5. The molecule has 0 aromatic heterocycles. The average molecular weight is 560 g/mol. The molecule has 0 aliphatic carbocycles. The third kappa shape index (κ3) is 5.23. The van der Waals surface area contributed by atoms with Crippen LogP contribution in [-0.4, -0.2) is 31.1 Å². The Labute approximate surface area is 222 Å². The molecule has 4 aromatic carbocycles. The van der Waals surface area contributed by atoms with Crippen molar-refractivity contribution in [2.75, 3.05) is 12.4 Å². The topological polar surface area (TPSA) is 138 Å². The minimum absolute atomic E-state index is 0.0509. The second kappa shape index (κ2) is 10.3. The predicted molar refractivity (Wildman–Crippen MR) is 142 cm³/mol. The number of azo groups is 1. The zero-order valence-corrected chi connectivity index (χ0v) is 21.7. The fourth-order valence-electron chi connectivity index (χ4n) is 3.69. The molecule has 0 unspecified atom stereocenters. The lowest BCUT2D eigenvalue weighted by Gasteiger charge is -2.13. The van der Waals surface area contributed by atoms with E-state index in [-0.39, 0.29) is 38.2 Å². The molecule has 12 heteroatoms. The lowest BCUT2D eigenvalue weighted by atomic mass is 10.0. The van der Waals surface area contributed by atoms with E-state index in [4.69, 9.17) is 27.9 Å². The fraction of sp³-hybridized carbons (Fsp3) is 0.0800. The van der Waals surface area contributed by atoms with Crippen LogP contribution in [0, 0.1) is 6.92 Å². The zero-order valence-electron chi connectivity index (χ0n) is 19.4. The van der Waals surface area contributed by atoms with Crippen LogP contribution in [0.2, 0.25) is 10.0 Å². The van der Waals surface area contributed by atoms with Crippen LogP contribution in [0.15, 0.2) is 75.8 Å². The van der Waals surface area contributed by atoms with Gasteiger partial charge < -0.3 is 15.2 Å². The summed E-state index contributed by atoms with van der Waals surface area (Å²) < 4.78 is 38.2. The first-order valence-electron chi connectivity index (χ1n) is 10.6. The van der Waals surface area contributed by atoms with E-state index >= 15 is 0 Å². The van der Waals surface area contributed by atoms with Crippen molar-refractivity contribution in [2.45, 2.75) is 11.8 Å². The highest BCUT2D eigenvalue weighted by molar-refractivity contribution is 7.86. The number of benzene rings is 4. The van der Waals surface area contributed by atoms with Gasteiger partial charge in [0.2, 0.25) is 0 Å². The van der Waals surface area contributed by atoms with Gasteiger partial charge in [0.05, 0.1) is 23.4 Å². The first kappa shape index (κ1) is 26.4. The fourth-order valence-corrected chi connectivity index (χ4v) is 5.29. The number of nitrogens with zero attached hydrogens (tertiary/aromatic N) is 2. The number of aryl methyl sites for hydroxylation is 1. The molecular weight excluding hydrogens is 541 g/mol. The van der Waals surface area contributed by atoms with Gasteiger partial charge >= 0.3 is 0 Å². The first-order valence-corrected chi connectivity index (χ1v) is 12.8. The van der Waals surface area contributed by atoms with Gasteiger partial charge in [-0.3, -0.25) is 9.35 Å². The van der Waals surface area contributed by atoms with Gasteiger partial charge in [-0.15, -0.1) is 10.2 Å². The number of nitrogens with one attached hydrogen (secondary N) is 1. The van der Waals surface area contributed by atoms with E-state index in [1.807, 2.05) is 0 Å². The van der Waals surface area contributed by atoms with Crippen LogP contribution >= 0.6 is 23.2 Å². The Morgan fingerprint density at radius 1 is 1.00 bits per heavy atom. The number of hydrogen-bond donors (Lipinski definition) is 3. The Morgan fingerprint density at radius 2 is 1.73 bits per heavy atom. The summed E-state index contributed by atoms with van der Waals surface area (Å²) in [6.45, 7) is 1.46. The molecule has 0 spiro atoms. The molecule has 0 bridgehead atoms. The number of hydrogen-bond acceptors (Lipinski definition) is 7. The maximum absolute atomic E-state index is 13.1. The number of halogens is 2. The number of anilines is 1. The van der Waals surface area contributed by atoms with Gasteiger partial charge in [0.25, 0.3) is 16.0 Å². The molecular formula is C25H19Cl2N3O6S. The zero-order chi connectivity index (χ0) is 26.9. The molecule has 1 amide bonds. The quantitative estimate of drug-likeness (QED) is 0.170. The second-order valence-electron chi connectivity index (χ2n) is 7.84. The van der Waals surface area contributed by atoms with Crippen LogP contribution in [0.3, 0.4) is 0 Å². The Morgan fingerprint density at radius 3 is 2.43 bits per heavy atom. The van der Waals surface area contributed by atoms with Gasteiger partial charge in [-0.1, -0.05) is 59.6 Å². The summed E-state index contributed by atoms with van der Waals surface area (Å²) in [6, 6.07) is 16.0. The summed E-state index contributed by atoms with van der Waals surface area (Å²) in [5.74, 6) is -0.787. The highest BCUT2D eigenvalue weighted by Crippen LogP contribution is 2.41. The molecule has 4 aromatic rings. The molecule has 0 saturated heterocycles. The average Bonchev–Trinajstić information content (AvgIpc) is 2.84. The van der Waals surface area contributed by atoms with Crippen molar-refractivity contribution in [3.63, 3.8) is 0 Å². The number of carbonyl (C=O) groups is 1. The van der Waals surface area contributed by atoms with Crippen molar-refractivity contribution in [1.29, 1.82) is 0 Å². The lowest BCUT2D eigenvalue weighted by molar-refractivity contribution is 0.102. The highest BCUT2D eigenvalue weighted by atomic mass is 35.5. The van der Waals surface area contributed by atoms with E-state index in [1.165, 1.54) is 32.2 Å². The molecule has 0 radical (unpaired) electrons. The van der Waals surface area contributed by atoms with E-state index in [0.717, 1.165) is 0 Å². The van der Waals surface area contributed by atoms with Gasteiger partial charge in [0.1, 0.15) is 27.0 Å². The molecule has 4 rings (SSSR count). The number of methoxy groups -OCH3 is 1. The maximum atomic E-state index is 13.1. The minimum Gasteiger partial charge on any atom is -0.505 e. The number of ether oxygens (including phenoxy) is 1. The number of rotatable bonds is 6. The third-order valence-electron chi connectivity index (χ3n) is 5.46. The van der Waals surface area contributed by atoms with Gasteiger partial charge in [0, 0.05) is 5.39 Å². The summed E-state index contributed by atoms with van der Waals surface area (Å²) in [5.41, 5.74) is 0.257. The number of phenols is 1. The SMILES string of the molecule is COc1cccc(NC(=O)c2cc3ccccc3c(N=Nc3ccc(C)c(S(=O)(=O)O)c3Cl)c2O)c1Cl. The predicted octanol–water partition coefficient (Wildman–Crippen LogP) is 7.08. The minimum atomic E-state index is -4.62. The maximum Gasteiger partial charge on any atom is 0.296 e. The molecule has 0 fully saturated rings. The van der Waals surface area contributed by atoms with E-state index < -0.39 is 26.7 Å². The van der Waals surface area contributed by atoms with E-state index in [1.54, 1.807) is 42.5 Å². The number of carbonyl (C=O) groups excluding carboxylic acids is 1. The molecule has 3 N–H and O–H groups in total. The van der Waals surface area contributed by atoms with Gasteiger partial charge in [0.15, 0.2) is 5.75 Å². The number of aromatic hydroxyl groups is 1. The lowest BCUT2D eigenvalue weighted by Crippen LogP contribution is -2.12. The summed E-state index contributed by atoms with van der Waals surface area (Å²) in [7, 11) is -3.18. The van der Waals surface area contributed by atoms with E-state index in [9.17, 15) is 22.9 Å². The number of fused-ring (bicyclic) bond motifs is 1. The van der Waals surface area contributed by atoms with Crippen molar-refractivity contribution in [3.8, 4) is 11.5 Å². The molecule has 0 saturated carbocycles. The Hall–Kier alpha value is -3.70. The second-order valence-corrected chi connectivity index (χ2v) is 9.95. The van der Waals surface area contributed by atoms with Gasteiger partial charge in [-0.2, -0.15) is 8.42 Å². The van der Waals surface area contributed by atoms with Crippen LogP contribution in [0.4, 0.5) is 17.1 Å². The third-order valence-corrected chi connectivity index (χ3v) is 7.39. The standard InChI is InChI=1S/C25H19Cl2N3O6S/c1-13-10-11-18(21(27)24(13)37(33,34)35)29-30-22-15-7-4-3-6-14(15)12-16(23(22)31)25(32)28-17-8-5-9-19(36-2)20(17)26/h3-12,31H,1-2H3,(H,28,32)(H,33,34,35). The van der Waals surface area contributed by atoms with Crippen LogP contribution < -0.4 is 10.1 Å². The number of amides is 1. The molecule has 37 heavy (non-hydrogen) atoms. The smallest absolute Gasteiger partial charge is 0.296 e. The molecule has 0 heterocycles. The largest absolute Gasteiger partial charge is 0.505 e. The van der Waals surface area contributed by atoms with Crippen molar-refractivity contribution in [3.05, 3.63) is 81.8 Å². The Bertz CT molecular complexity index is 1690. The van der Waals surface area contributed by atoms with Crippen molar-refractivity contribution in [2.24, 2.45) is 10.2 Å². The molecule has 9 nitrogen and oxygen atoms in total. The monoisotopic (exact) mass is 559 g/mol. The van der Waals surface area contributed by atoms with Gasteiger partial charge in [-0.25, -0.2) is 0 Å². The van der Waals surface area contributed by atoms with Gasteiger partial charge in [-0.05, 0) is 42.1 Å². The van der Waals surface area contributed by atoms with Crippen molar-refractivity contribution in [1.82, 2.24) is 0 Å². The summed E-state index contributed by atoms with van der Waals surface area (Å²) in [6.07, 6.45) is 0. The van der Waals surface area contributed by atoms with Crippen LogP contribution in [0.25, 0.3) is 10.8 Å². The van der Waals surface area contributed by atoms with Crippen molar-refractivity contribution >= 4 is 67.1 Å². The van der Waals surface area contributed by atoms with E-state index in [2.05, 4.69) is 15.5 Å². The molecule has 0 aliphatic rings. The van der Waals surface area contributed by atoms with Crippen LogP contribution in [0.1, 0.15) is 15.9 Å². The summed E-state index contributed by atoms with van der Waals surface area (Å²) in [5, 5.41) is 22.7. The van der Waals surface area contributed by atoms with Crippen LogP contribution in [0.5, 0.6) is 11.5 Å².